The zero-order valence-electron chi connectivity index (χ0n) is 11.6. The molecule has 1 aliphatic rings. The Labute approximate surface area is 124 Å². The van der Waals surface area contributed by atoms with Gasteiger partial charge in [-0.3, -0.25) is 4.90 Å². The van der Waals surface area contributed by atoms with E-state index in [1.54, 1.807) is 0 Å². The van der Waals surface area contributed by atoms with Crippen LogP contribution in [0, 0.1) is 0 Å². The van der Waals surface area contributed by atoms with Gasteiger partial charge in [-0.15, -0.1) is 10.2 Å². The number of benzene rings is 1. The number of hydrogen-bond donors (Lipinski definition) is 1. The Morgan fingerprint density at radius 3 is 2.70 bits per heavy atom. The van der Waals surface area contributed by atoms with Crippen LogP contribution in [0.25, 0.3) is 10.8 Å². The van der Waals surface area contributed by atoms with Gasteiger partial charge in [0.2, 0.25) is 0 Å². The lowest BCUT2D eigenvalue weighted by atomic mass is 10.2. The maximum atomic E-state index is 6.08. The first-order valence-electron chi connectivity index (χ1n) is 7.18. The zero-order valence-corrected chi connectivity index (χ0v) is 12.4. The Morgan fingerprint density at radius 2 is 2.00 bits per heavy atom. The average molecular weight is 291 g/mol. The van der Waals surface area contributed by atoms with E-state index in [2.05, 4.69) is 27.3 Å². The molecule has 1 aromatic heterocycles. The fourth-order valence-electron chi connectivity index (χ4n) is 2.56. The molecule has 0 saturated heterocycles. The molecule has 106 valence electrons. The van der Waals surface area contributed by atoms with Crippen LogP contribution in [0.15, 0.2) is 24.3 Å². The van der Waals surface area contributed by atoms with Crippen LogP contribution in [0.4, 0.5) is 5.82 Å². The van der Waals surface area contributed by atoms with Gasteiger partial charge >= 0.3 is 0 Å². The summed E-state index contributed by atoms with van der Waals surface area (Å²) in [5, 5.41) is 14.0. The highest BCUT2D eigenvalue weighted by Gasteiger charge is 2.27. The molecule has 1 heterocycles. The van der Waals surface area contributed by atoms with E-state index >= 15 is 0 Å². The number of hydrogen-bond acceptors (Lipinski definition) is 4. The van der Waals surface area contributed by atoms with Crippen LogP contribution in [-0.2, 0) is 0 Å². The summed E-state index contributed by atoms with van der Waals surface area (Å²) in [6.07, 6.45) is 2.69. The molecule has 1 aromatic carbocycles. The van der Waals surface area contributed by atoms with Crippen molar-refractivity contribution >= 4 is 28.2 Å². The molecule has 0 atom stereocenters. The number of likely N-dealkylation sites (N-methyl/N-ethyl adjacent to an activating group) is 1. The summed E-state index contributed by atoms with van der Waals surface area (Å²) in [5.41, 5.74) is 0. The maximum absolute atomic E-state index is 6.08. The molecule has 1 aliphatic carbocycles. The molecular weight excluding hydrogens is 272 g/mol. The molecule has 1 N–H and O–H groups in total. The lowest BCUT2D eigenvalue weighted by molar-refractivity contribution is 0.289. The van der Waals surface area contributed by atoms with Crippen molar-refractivity contribution in [1.82, 2.24) is 15.1 Å². The lowest BCUT2D eigenvalue weighted by Gasteiger charge is -2.20. The monoisotopic (exact) mass is 290 g/mol. The predicted molar refractivity (Wildman–Crippen MR) is 83.3 cm³/mol. The summed E-state index contributed by atoms with van der Waals surface area (Å²) < 4.78 is 0. The van der Waals surface area contributed by atoms with E-state index in [0.29, 0.717) is 5.15 Å². The largest absolute Gasteiger partial charge is 0.367 e. The van der Waals surface area contributed by atoms with E-state index < -0.39 is 0 Å². The Balaban J connectivity index is 1.69. The molecule has 1 fully saturated rings. The summed E-state index contributed by atoms with van der Waals surface area (Å²) >= 11 is 6.08. The van der Waals surface area contributed by atoms with Crippen LogP contribution in [0.1, 0.15) is 19.8 Å². The van der Waals surface area contributed by atoms with Gasteiger partial charge in [0.25, 0.3) is 0 Å². The summed E-state index contributed by atoms with van der Waals surface area (Å²) in [4.78, 5) is 2.51. The minimum atomic E-state index is 0.458. The third-order valence-electron chi connectivity index (χ3n) is 3.80. The summed E-state index contributed by atoms with van der Waals surface area (Å²) in [6, 6.07) is 8.76. The zero-order chi connectivity index (χ0) is 13.9. The van der Waals surface area contributed by atoms with E-state index in [1.165, 1.54) is 12.8 Å². The van der Waals surface area contributed by atoms with Crippen molar-refractivity contribution in [3.63, 3.8) is 0 Å². The van der Waals surface area contributed by atoms with Crippen molar-refractivity contribution in [1.29, 1.82) is 0 Å². The number of rotatable bonds is 6. The molecule has 1 saturated carbocycles. The van der Waals surface area contributed by atoms with Crippen molar-refractivity contribution in [2.75, 3.05) is 25.0 Å². The molecule has 0 radical (unpaired) electrons. The van der Waals surface area contributed by atoms with Gasteiger partial charge in [-0.1, -0.05) is 42.8 Å². The van der Waals surface area contributed by atoms with Crippen molar-refractivity contribution in [3.05, 3.63) is 29.4 Å². The van der Waals surface area contributed by atoms with Gasteiger partial charge in [-0.05, 0) is 19.4 Å². The fraction of sp³-hybridized carbons (Fsp3) is 0.467. The average Bonchev–Trinajstić information content (AvgIpc) is 3.31. The summed E-state index contributed by atoms with van der Waals surface area (Å²) in [7, 11) is 0. The van der Waals surface area contributed by atoms with Crippen LogP contribution in [0.3, 0.4) is 0 Å². The standard InChI is InChI=1S/C15H19ClN4/c1-2-20(11-7-8-11)10-9-17-15-13-6-4-3-5-12(13)14(16)18-19-15/h3-6,11H,2,7-10H2,1H3,(H,17,19). The SMILES string of the molecule is CCN(CCNc1nnc(Cl)c2ccccc12)C1CC1. The van der Waals surface area contributed by atoms with Gasteiger partial charge in [-0.2, -0.15) is 0 Å². The van der Waals surface area contributed by atoms with Crippen molar-refractivity contribution in [2.24, 2.45) is 0 Å². The molecule has 20 heavy (non-hydrogen) atoms. The van der Waals surface area contributed by atoms with Gasteiger partial charge in [-0.25, -0.2) is 0 Å². The highest BCUT2D eigenvalue weighted by molar-refractivity contribution is 6.34. The van der Waals surface area contributed by atoms with Gasteiger partial charge < -0.3 is 5.32 Å². The van der Waals surface area contributed by atoms with Crippen molar-refractivity contribution in [3.8, 4) is 0 Å². The Morgan fingerprint density at radius 1 is 1.25 bits per heavy atom. The first-order chi connectivity index (χ1) is 9.79. The minimum Gasteiger partial charge on any atom is -0.367 e. The molecule has 0 amide bonds. The molecule has 0 spiro atoms. The number of anilines is 1. The smallest absolute Gasteiger partial charge is 0.159 e. The van der Waals surface area contributed by atoms with Crippen molar-refractivity contribution < 1.29 is 0 Å². The summed E-state index contributed by atoms with van der Waals surface area (Å²) in [5.74, 6) is 0.817. The number of nitrogens with zero attached hydrogens (tertiary/aromatic N) is 3. The number of halogens is 1. The maximum Gasteiger partial charge on any atom is 0.159 e. The van der Waals surface area contributed by atoms with E-state index in [-0.39, 0.29) is 0 Å². The second kappa shape index (κ2) is 5.94. The van der Waals surface area contributed by atoms with Crippen LogP contribution in [0.2, 0.25) is 5.15 Å². The lowest BCUT2D eigenvalue weighted by Crippen LogP contribution is -2.31. The first-order valence-corrected chi connectivity index (χ1v) is 7.56. The quantitative estimate of drug-likeness (QED) is 0.887. The van der Waals surface area contributed by atoms with Gasteiger partial charge in [0, 0.05) is 29.9 Å². The third kappa shape index (κ3) is 2.86. The van der Waals surface area contributed by atoms with E-state index in [9.17, 15) is 0 Å². The number of aromatic nitrogens is 2. The van der Waals surface area contributed by atoms with Crippen LogP contribution >= 0.6 is 11.6 Å². The van der Waals surface area contributed by atoms with E-state index in [0.717, 1.165) is 42.3 Å². The molecule has 0 bridgehead atoms. The topological polar surface area (TPSA) is 41.0 Å². The Hall–Kier alpha value is -1.39. The molecule has 3 rings (SSSR count). The molecule has 2 aromatic rings. The van der Waals surface area contributed by atoms with Crippen LogP contribution < -0.4 is 5.32 Å². The second-order valence-electron chi connectivity index (χ2n) is 5.17. The second-order valence-corrected chi connectivity index (χ2v) is 5.53. The molecular formula is C15H19ClN4. The highest BCUT2D eigenvalue weighted by atomic mass is 35.5. The van der Waals surface area contributed by atoms with Crippen LogP contribution in [0.5, 0.6) is 0 Å². The Bertz CT molecular complexity index is 597. The predicted octanol–water partition coefficient (Wildman–Crippen LogP) is 3.18. The number of fused-ring (bicyclic) bond motifs is 1. The van der Waals surface area contributed by atoms with Gasteiger partial charge in [0.1, 0.15) is 0 Å². The molecule has 4 nitrogen and oxygen atoms in total. The van der Waals surface area contributed by atoms with Gasteiger partial charge in [0.05, 0.1) is 0 Å². The third-order valence-corrected chi connectivity index (χ3v) is 4.08. The molecule has 0 unspecified atom stereocenters. The van der Waals surface area contributed by atoms with Gasteiger partial charge in [0.15, 0.2) is 11.0 Å². The van der Waals surface area contributed by atoms with Crippen LogP contribution in [-0.4, -0.2) is 40.8 Å². The normalized spacial score (nSPS) is 14.9. The minimum absolute atomic E-state index is 0.458. The van der Waals surface area contributed by atoms with E-state index in [1.807, 2.05) is 24.3 Å². The van der Waals surface area contributed by atoms with Crippen molar-refractivity contribution in [2.45, 2.75) is 25.8 Å². The molecule has 5 heteroatoms. The summed E-state index contributed by atoms with van der Waals surface area (Å²) in [6.45, 7) is 5.25. The first kappa shape index (κ1) is 13.6. The number of nitrogens with one attached hydrogen (secondary N) is 1. The van der Waals surface area contributed by atoms with E-state index in [4.69, 9.17) is 11.6 Å². The Kier molecular flexibility index (Phi) is 4.03. The molecule has 0 aliphatic heterocycles. The fourth-order valence-corrected chi connectivity index (χ4v) is 2.76. The highest BCUT2D eigenvalue weighted by Crippen LogP contribution is 2.27.